The highest BCUT2D eigenvalue weighted by Crippen LogP contribution is 2.04. The summed E-state index contributed by atoms with van der Waals surface area (Å²) in [5.41, 5.74) is 5.10. The molecule has 1 unspecified atom stereocenters. The van der Waals surface area contributed by atoms with Crippen molar-refractivity contribution in [1.82, 2.24) is 5.32 Å². The maximum absolute atomic E-state index is 10.6. The topological polar surface area (TPSA) is 55.1 Å². The minimum Gasteiger partial charge on any atom is -0.370 e. The van der Waals surface area contributed by atoms with Crippen LogP contribution in [0.15, 0.2) is 0 Å². The normalized spacial score (nSPS) is 12.7. The number of carbonyl (C=O) groups is 1. The van der Waals surface area contributed by atoms with Crippen LogP contribution in [0, 0.1) is 0 Å². The van der Waals surface area contributed by atoms with Gasteiger partial charge < -0.3 is 11.1 Å². The Morgan fingerprint density at radius 2 is 2.00 bits per heavy atom. The first-order valence-electron chi connectivity index (χ1n) is 5.67. The summed E-state index contributed by atoms with van der Waals surface area (Å²) in [6.45, 7) is 2.99. The number of primary amides is 1. The van der Waals surface area contributed by atoms with E-state index in [2.05, 4.69) is 11.6 Å². The highest BCUT2D eigenvalue weighted by atomic mass is 32.2. The fraction of sp³-hybridized carbons (Fsp3) is 0.909. The minimum atomic E-state index is -0.227. The molecule has 0 heterocycles. The summed E-state index contributed by atoms with van der Waals surface area (Å²) >= 11 is 1.91. The highest BCUT2D eigenvalue weighted by Gasteiger charge is 2.03. The van der Waals surface area contributed by atoms with E-state index in [9.17, 15) is 4.79 Å². The summed E-state index contributed by atoms with van der Waals surface area (Å²) in [4.78, 5) is 10.6. The van der Waals surface area contributed by atoms with Crippen molar-refractivity contribution in [1.29, 1.82) is 0 Å². The summed E-state index contributed by atoms with van der Waals surface area (Å²) in [5, 5.41) is 3.30. The zero-order chi connectivity index (χ0) is 11.5. The molecule has 0 aromatic heterocycles. The zero-order valence-electron chi connectivity index (χ0n) is 9.92. The van der Waals surface area contributed by atoms with Crippen LogP contribution >= 0.6 is 11.8 Å². The molecule has 0 spiro atoms. The molecule has 4 heteroatoms. The molecular weight excluding hydrogens is 208 g/mol. The lowest BCUT2D eigenvalue weighted by atomic mass is 10.2. The number of nitrogens with two attached hydrogens (primary N) is 1. The van der Waals surface area contributed by atoms with E-state index in [0.29, 0.717) is 6.42 Å². The summed E-state index contributed by atoms with van der Waals surface area (Å²) in [5.74, 6) is 1.04. The molecule has 0 aliphatic rings. The van der Waals surface area contributed by atoms with Crippen molar-refractivity contribution < 1.29 is 4.79 Å². The number of rotatable bonds is 10. The molecule has 90 valence electrons. The molecule has 0 saturated heterocycles. The third kappa shape index (κ3) is 11.7. The van der Waals surface area contributed by atoms with Crippen molar-refractivity contribution in [2.75, 3.05) is 18.6 Å². The monoisotopic (exact) mass is 232 g/mol. The average Bonchev–Trinajstić information content (AvgIpc) is 2.15. The van der Waals surface area contributed by atoms with E-state index in [0.717, 1.165) is 6.54 Å². The predicted octanol–water partition coefficient (Wildman–Crippen LogP) is 1.76. The Balaban J connectivity index is 3.13. The van der Waals surface area contributed by atoms with Crippen molar-refractivity contribution in [3.63, 3.8) is 0 Å². The molecule has 0 aliphatic heterocycles. The molecule has 1 atom stereocenters. The SMILES string of the molecule is CSCCCCCCNC(C)CC(N)=O. The molecule has 0 saturated carbocycles. The van der Waals surface area contributed by atoms with Gasteiger partial charge in [-0.05, 0) is 38.3 Å². The largest absolute Gasteiger partial charge is 0.370 e. The smallest absolute Gasteiger partial charge is 0.218 e. The van der Waals surface area contributed by atoms with Crippen LogP contribution < -0.4 is 11.1 Å². The van der Waals surface area contributed by atoms with Crippen LogP contribution in [0.25, 0.3) is 0 Å². The van der Waals surface area contributed by atoms with Gasteiger partial charge in [0.05, 0.1) is 0 Å². The summed E-state index contributed by atoms with van der Waals surface area (Å²) < 4.78 is 0. The standard InChI is InChI=1S/C11H24N2OS/c1-10(9-11(12)14)13-7-5-3-4-6-8-15-2/h10,13H,3-9H2,1-2H3,(H2,12,14). The van der Waals surface area contributed by atoms with Gasteiger partial charge in [0.2, 0.25) is 5.91 Å². The van der Waals surface area contributed by atoms with Gasteiger partial charge in [0.15, 0.2) is 0 Å². The Morgan fingerprint density at radius 3 is 2.60 bits per heavy atom. The number of amides is 1. The number of carbonyl (C=O) groups excluding carboxylic acids is 1. The third-order valence-electron chi connectivity index (χ3n) is 2.28. The van der Waals surface area contributed by atoms with Crippen LogP contribution in [0.3, 0.4) is 0 Å². The summed E-state index contributed by atoms with van der Waals surface area (Å²) in [6.07, 6.45) is 7.68. The first-order chi connectivity index (χ1) is 7.16. The van der Waals surface area contributed by atoms with E-state index >= 15 is 0 Å². The van der Waals surface area contributed by atoms with E-state index in [4.69, 9.17) is 5.73 Å². The lowest BCUT2D eigenvalue weighted by molar-refractivity contribution is -0.118. The third-order valence-corrected chi connectivity index (χ3v) is 2.97. The van der Waals surface area contributed by atoms with Crippen LogP contribution in [0.4, 0.5) is 0 Å². The Morgan fingerprint density at radius 1 is 1.33 bits per heavy atom. The van der Waals surface area contributed by atoms with Gasteiger partial charge in [-0.25, -0.2) is 0 Å². The number of unbranched alkanes of at least 4 members (excludes halogenated alkanes) is 3. The van der Waals surface area contributed by atoms with Gasteiger partial charge in [0.1, 0.15) is 0 Å². The fourth-order valence-corrected chi connectivity index (χ4v) is 1.94. The van der Waals surface area contributed by atoms with Crippen molar-refractivity contribution in [3.8, 4) is 0 Å². The molecule has 15 heavy (non-hydrogen) atoms. The first kappa shape index (κ1) is 14.8. The predicted molar refractivity (Wildman–Crippen MR) is 68.1 cm³/mol. The Bertz CT molecular complexity index is 165. The van der Waals surface area contributed by atoms with Crippen LogP contribution in [0.5, 0.6) is 0 Å². The zero-order valence-corrected chi connectivity index (χ0v) is 10.7. The Hall–Kier alpha value is -0.220. The molecule has 0 fully saturated rings. The van der Waals surface area contributed by atoms with Crippen molar-refractivity contribution in [2.45, 2.75) is 45.1 Å². The van der Waals surface area contributed by atoms with E-state index in [1.807, 2.05) is 18.7 Å². The van der Waals surface area contributed by atoms with Gasteiger partial charge in [0.25, 0.3) is 0 Å². The molecule has 1 amide bonds. The maximum Gasteiger partial charge on any atom is 0.218 e. The Labute approximate surface area is 97.6 Å². The minimum absolute atomic E-state index is 0.216. The number of nitrogens with one attached hydrogen (secondary N) is 1. The van der Waals surface area contributed by atoms with Crippen molar-refractivity contribution >= 4 is 17.7 Å². The fourth-order valence-electron chi connectivity index (χ4n) is 1.45. The quantitative estimate of drug-likeness (QED) is 0.564. The molecule has 3 N–H and O–H groups in total. The second kappa shape index (κ2) is 10.3. The van der Waals surface area contributed by atoms with Crippen LogP contribution in [0.1, 0.15) is 39.0 Å². The average molecular weight is 232 g/mol. The second-order valence-electron chi connectivity index (χ2n) is 3.93. The number of hydrogen-bond acceptors (Lipinski definition) is 3. The van der Waals surface area contributed by atoms with E-state index in [-0.39, 0.29) is 11.9 Å². The van der Waals surface area contributed by atoms with Crippen LogP contribution in [0.2, 0.25) is 0 Å². The van der Waals surface area contributed by atoms with Crippen molar-refractivity contribution in [2.24, 2.45) is 5.73 Å². The molecule has 0 bridgehead atoms. The van der Waals surface area contributed by atoms with Gasteiger partial charge in [-0.1, -0.05) is 12.8 Å². The Kier molecular flexibility index (Phi) is 10.2. The highest BCUT2D eigenvalue weighted by molar-refractivity contribution is 7.98. The second-order valence-corrected chi connectivity index (χ2v) is 4.92. The molecule has 0 aromatic rings. The van der Waals surface area contributed by atoms with Gasteiger partial charge in [0, 0.05) is 12.5 Å². The van der Waals surface area contributed by atoms with Crippen LogP contribution in [-0.4, -0.2) is 30.5 Å². The molecule has 0 aromatic carbocycles. The van der Waals surface area contributed by atoms with Crippen molar-refractivity contribution in [3.05, 3.63) is 0 Å². The first-order valence-corrected chi connectivity index (χ1v) is 7.06. The van der Waals surface area contributed by atoms with E-state index < -0.39 is 0 Å². The summed E-state index contributed by atoms with van der Waals surface area (Å²) in [6, 6.07) is 0.216. The molecular formula is C11H24N2OS. The number of thioether (sulfide) groups is 1. The van der Waals surface area contributed by atoms with Gasteiger partial charge >= 0.3 is 0 Å². The lowest BCUT2D eigenvalue weighted by Gasteiger charge is -2.11. The van der Waals surface area contributed by atoms with Gasteiger partial charge in [-0.3, -0.25) is 4.79 Å². The molecule has 0 rings (SSSR count). The molecule has 3 nitrogen and oxygen atoms in total. The van der Waals surface area contributed by atoms with E-state index in [1.54, 1.807) is 0 Å². The van der Waals surface area contributed by atoms with Crippen LogP contribution in [-0.2, 0) is 4.79 Å². The van der Waals surface area contributed by atoms with Gasteiger partial charge in [-0.2, -0.15) is 11.8 Å². The maximum atomic E-state index is 10.6. The summed E-state index contributed by atoms with van der Waals surface area (Å²) in [7, 11) is 0. The molecule has 0 aliphatic carbocycles. The lowest BCUT2D eigenvalue weighted by Crippen LogP contribution is -2.31. The van der Waals surface area contributed by atoms with Gasteiger partial charge in [-0.15, -0.1) is 0 Å². The molecule has 0 radical (unpaired) electrons. The van der Waals surface area contributed by atoms with E-state index in [1.165, 1.54) is 31.4 Å². The number of hydrogen-bond donors (Lipinski definition) is 2.